The van der Waals surface area contributed by atoms with E-state index in [1.165, 1.54) is 0 Å². The molecule has 0 saturated carbocycles. The van der Waals surface area contributed by atoms with E-state index >= 15 is 0 Å². The highest BCUT2D eigenvalue weighted by Gasteiger charge is 2.33. The fourth-order valence-corrected chi connectivity index (χ4v) is 5.70. The number of nitrogens with two attached hydrogens (primary N) is 1. The molecular formula is C25H40N4O7S. The Balaban J connectivity index is 2.10. The molecule has 12 heteroatoms. The third-order valence-electron chi connectivity index (χ3n) is 6.10. The molecule has 11 nitrogen and oxygen atoms in total. The summed E-state index contributed by atoms with van der Waals surface area (Å²) in [5.41, 5.74) is 7.60. The van der Waals surface area contributed by atoms with Gasteiger partial charge in [-0.25, -0.2) is 22.7 Å². The highest BCUT2D eigenvalue weighted by atomic mass is 32.2. The average molecular weight is 541 g/mol. The maximum Gasteiger partial charge on any atom is 0.408 e. The van der Waals surface area contributed by atoms with Crippen molar-refractivity contribution in [1.82, 2.24) is 10.0 Å². The molecule has 1 aliphatic heterocycles. The summed E-state index contributed by atoms with van der Waals surface area (Å²) < 4.78 is 40.1. The van der Waals surface area contributed by atoms with Crippen LogP contribution >= 0.6 is 0 Å². The predicted octanol–water partition coefficient (Wildman–Crippen LogP) is 3.07. The Morgan fingerprint density at radius 1 is 1.19 bits per heavy atom. The number of rotatable bonds is 8. The number of nitrogens with zero attached hydrogens (tertiary/aromatic N) is 1. The number of carbonyl (C=O) groups is 2. The number of carboxylic acids is 1. The van der Waals surface area contributed by atoms with Crippen LogP contribution in [-0.4, -0.2) is 55.3 Å². The third-order valence-corrected chi connectivity index (χ3v) is 7.72. The number of sulfonamides is 1. The van der Waals surface area contributed by atoms with E-state index < -0.39 is 33.7 Å². The van der Waals surface area contributed by atoms with E-state index in [4.69, 9.17) is 15.2 Å². The quantitative estimate of drug-likeness (QED) is 0.221. The second-order valence-corrected chi connectivity index (χ2v) is 12.5. The molecule has 1 heterocycles. The van der Waals surface area contributed by atoms with Crippen molar-refractivity contribution >= 4 is 28.0 Å². The number of benzene rings is 1. The van der Waals surface area contributed by atoms with Gasteiger partial charge in [0, 0.05) is 6.54 Å². The number of hydrogen-bond donors (Lipinski definition) is 4. The van der Waals surface area contributed by atoms with Crippen LogP contribution in [0.1, 0.15) is 76.1 Å². The zero-order chi connectivity index (χ0) is 28.3. The Morgan fingerprint density at radius 3 is 2.38 bits per heavy atom. The first kappa shape index (κ1) is 30.2. The highest BCUT2D eigenvalue weighted by molar-refractivity contribution is 7.90. The van der Waals surface area contributed by atoms with Crippen LogP contribution in [0.2, 0.25) is 0 Å². The maximum atomic E-state index is 13.3. The fourth-order valence-electron chi connectivity index (χ4n) is 4.17. The van der Waals surface area contributed by atoms with Crippen molar-refractivity contribution in [1.29, 1.82) is 0 Å². The van der Waals surface area contributed by atoms with Crippen molar-refractivity contribution in [2.24, 2.45) is 10.7 Å². The lowest BCUT2D eigenvalue weighted by Gasteiger charge is -2.35. The number of aliphatic imine (C=N–C) groups is 1. The summed E-state index contributed by atoms with van der Waals surface area (Å²) in [4.78, 5) is 27.5. The molecule has 0 aliphatic carbocycles. The molecule has 208 valence electrons. The minimum Gasteiger partial charge on any atom is -0.487 e. The van der Waals surface area contributed by atoms with Crippen molar-refractivity contribution in [3.8, 4) is 5.75 Å². The van der Waals surface area contributed by atoms with Crippen molar-refractivity contribution in [2.75, 3.05) is 6.54 Å². The Labute approximate surface area is 219 Å². The molecule has 0 saturated heterocycles. The Hall–Kier alpha value is -3.02. The van der Waals surface area contributed by atoms with Crippen LogP contribution in [0.4, 0.5) is 4.79 Å². The predicted molar refractivity (Wildman–Crippen MR) is 141 cm³/mol. The molecule has 0 bridgehead atoms. The summed E-state index contributed by atoms with van der Waals surface area (Å²) >= 11 is 0. The molecule has 0 fully saturated rings. The number of carbonyl (C=O) groups excluding carboxylic acids is 1. The molecular weight excluding hydrogens is 500 g/mol. The molecule has 1 aromatic carbocycles. The number of amides is 1. The van der Waals surface area contributed by atoms with E-state index in [1.54, 1.807) is 34.6 Å². The molecule has 2 rings (SSSR count). The third kappa shape index (κ3) is 7.98. The van der Waals surface area contributed by atoms with E-state index in [9.17, 15) is 23.1 Å². The summed E-state index contributed by atoms with van der Waals surface area (Å²) in [7, 11) is -4.03. The molecule has 37 heavy (non-hydrogen) atoms. The molecule has 5 N–H and O–H groups in total. The number of guanidine groups is 1. The zero-order valence-electron chi connectivity index (χ0n) is 22.9. The maximum absolute atomic E-state index is 13.3. The van der Waals surface area contributed by atoms with Gasteiger partial charge in [-0.15, -0.1) is 0 Å². The van der Waals surface area contributed by atoms with Gasteiger partial charge in [-0.2, -0.15) is 0 Å². The van der Waals surface area contributed by atoms with Crippen molar-refractivity contribution in [3.63, 3.8) is 0 Å². The number of ether oxygens (including phenoxy) is 2. The average Bonchev–Trinajstić information content (AvgIpc) is 2.71. The summed E-state index contributed by atoms with van der Waals surface area (Å²) in [6, 6.07) is -1.18. The van der Waals surface area contributed by atoms with Crippen LogP contribution < -0.4 is 20.5 Å². The fraction of sp³-hybridized carbons (Fsp3) is 0.640. The van der Waals surface area contributed by atoms with E-state index in [-0.39, 0.29) is 35.8 Å². The SMILES string of the molecule is Cc1c(C)c(S(=O)(=O)NC(N)=NCCCC(NC(=O)OC(C)(C)C)C(=O)O)c(C)c2c1OC(C)(C)CC2. The Kier molecular flexibility index (Phi) is 9.11. The van der Waals surface area contributed by atoms with Gasteiger partial charge >= 0.3 is 12.1 Å². The van der Waals surface area contributed by atoms with Gasteiger partial charge in [0.05, 0.1) is 4.90 Å². The number of nitrogens with one attached hydrogen (secondary N) is 2. The summed E-state index contributed by atoms with van der Waals surface area (Å²) in [5.74, 6) is -0.789. The number of aliphatic carboxylic acids is 1. The number of carboxylic acid groups (broad SMARTS) is 1. The van der Waals surface area contributed by atoms with Gasteiger partial charge in [0.25, 0.3) is 10.0 Å². The van der Waals surface area contributed by atoms with Crippen LogP contribution in [0, 0.1) is 20.8 Å². The van der Waals surface area contributed by atoms with Crippen molar-refractivity contribution < 1.29 is 32.6 Å². The van der Waals surface area contributed by atoms with Gasteiger partial charge in [0.15, 0.2) is 0 Å². The molecule has 1 aliphatic rings. The lowest BCUT2D eigenvalue weighted by molar-refractivity contribution is -0.139. The van der Waals surface area contributed by atoms with E-state index in [0.29, 0.717) is 17.5 Å². The van der Waals surface area contributed by atoms with E-state index in [1.807, 2.05) is 20.8 Å². The van der Waals surface area contributed by atoms with E-state index in [2.05, 4.69) is 15.0 Å². The standard InChI is InChI=1S/C25H40N4O7S/c1-14-15(2)20(16(3)17-11-12-25(7,8)35-19(14)17)37(33,34)29-22(26)27-13-9-10-18(21(30)31)28-23(32)36-24(4,5)6/h18H,9-13H2,1-8H3,(H,28,32)(H,30,31)(H3,26,27,29). The Bertz CT molecular complexity index is 1180. The molecule has 1 atom stereocenters. The van der Waals surface area contributed by atoms with Gasteiger partial charge < -0.3 is 25.6 Å². The largest absolute Gasteiger partial charge is 0.487 e. The number of hydrogen-bond acceptors (Lipinski definition) is 7. The zero-order valence-corrected chi connectivity index (χ0v) is 23.8. The molecule has 0 aromatic heterocycles. The van der Waals surface area contributed by atoms with Gasteiger partial charge in [0.1, 0.15) is 23.0 Å². The monoisotopic (exact) mass is 540 g/mol. The number of fused-ring (bicyclic) bond motifs is 1. The van der Waals surface area contributed by atoms with Crippen molar-refractivity contribution in [2.45, 2.75) is 103 Å². The highest BCUT2D eigenvalue weighted by Crippen LogP contribution is 2.42. The lowest BCUT2D eigenvalue weighted by Crippen LogP contribution is -2.43. The summed E-state index contributed by atoms with van der Waals surface area (Å²) in [5, 5.41) is 11.7. The summed E-state index contributed by atoms with van der Waals surface area (Å²) in [6.45, 7) is 14.4. The van der Waals surface area contributed by atoms with Crippen LogP contribution in [0.5, 0.6) is 5.75 Å². The van der Waals surface area contributed by atoms with Gasteiger partial charge in [-0.1, -0.05) is 0 Å². The van der Waals surface area contributed by atoms with Crippen LogP contribution in [0.15, 0.2) is 9.89 Å². The lowest BCUT2D eigenvalue weighted by atomic mass is 9.88. The summed E-state index contributed by atoms with van der Waals surface area (Å²) in [6.07, 6.45) is 0.911. The molecule has 1 unspecified atom stereocenters. The number of alkyl carbamates (subject to hydrolysis) is 1. The second-order valence-electron chi connectivity index (χ2n) is 10.9. The first-order chi connectivity index (χ1) is 16.8. The minimum absolute atomic E-state index is 0.0523. The van der Waals surface area contributed by atoms with Gasteiger partial charge in [-0.3, -0.25) is 4.99 Å². The molecule has 1 aromatic rings. The minimum atomic E-state index is -4.03. The first-order valence-electron chi connectivity index (χ1n) is 12.2. The van der Waals surface area contributed by atoms with Crippen LogP contribution in [0.25, 0.3) is 0 Å². The van der Waals surface area contributed by atoms with Crippen LogP contribution in [0.3, 0.4) is 0 Å². The topological polar surface area (TPSA) is 169 Å². The van der Waals surface area contributed by atoms with Crippen LogP contribution in [-0.2, 0) is 26.0 Å². The van der Waals surface area contributed by atoms with Crippen molar-refractivity contribution in [3.05, 3.63) is 22.3 Å². The van der Waals surface area contributed by atoms with Gasteiger partial charge in [0.2, 0.25) is 5.96 Å². The molecule has 0 spiro atoms. The normalized spacial score (nSPS) is 16.3. The first-order valence-corrected chi connectivity index (χ1v) is 13.7. The van der Waals surface area contributed by atoms with E-state index in [0.717, 1.165) is 23.3 Å². The molecule has 0 radical (unpaired) electrons. The molecule has 1 amide bonds. The Morgan fingerprint density at radius 2 is 1.81 bits per heavy atom. The smallest absolute Gasteiger partial charge is 0.408 e. The second kappa shape index (κ2) is 11.2. The van der Waals surface area contributed by atoms with Gasteiger partial charge in [-0.05, 0) is 103 Å².